The third kappa shape index (κ3) is 3.15. The van der Waals surface area contributed by atoms with Crippen molar-refractivity contribution in [2.24, 2.45) is 0 Å². The lowest BCUT2D eigenvalue weighted by atomic mass is 10.00. The molecule has 0 amide bonds. The van der Waals surface area contributed by atoms with E-state index in [0.29, 0.717) is 0 Å². The van der Waals surface area contributed by atoms with Gasteiger partial charge >= 0.3 is 0 Å². The summed E-state index contributed by atoms with van der Waals surface area (Å²) < 4.78 is 0. The molecule has 0 saturated carbocycles. The highest BCUT2D eigenvalue weighted by molar-refractivity contribution is 6.11. The standard InChI is InChI=1S/C28H23N/c1-20-10-12-21(13-11-20)22-14-17-24(18-15-22)29(2)28-9-5-8-26-25-7-4-3-6-23(25)16-19-27(26)28/h3-19H,1-2H3. The van der Waals surface area contributed by atoms with Crippen molar-refractivity contribution in [2.45, 2.75) is 6.92 Å². The molecule has 5 aromatic rings. The molecule has 0 aromatic heterocycles. The summed E-state index contributed by atoms with van der Waals surface area (Å²) in [6.45, 7) is 2.12. The van der Waals surface area contributed by atoms with Crippen molar-refractivity contribution in [1.82, 2.24) is 0 Å². The van der Waals surface area contributed by atoms with Crippen molar-refractivity contribution >= 4 is 32.9 Å². The van der Waals surface area contributed by atoms with Crippen molar-refractivity contribution in [3.8, 4) is 11.1 Å². The van der Waals surface area contributed by atoms with Crippen LogP contribution in [0.5, 0.6) is 0 Å². The third-order valence-electron chi connectivity index (χ3n) is 5.76. The van der Waals surface area contributed by atoms with E-state index in [9.17, 15) is 0 Å². The van der Waals surface area contributed by atoms with Gasteiger partial charge in [0.2, 0.25) is 0 Å². The first kappa shape index (κ1) is 17.5. The molecular formula is C28H23N. The second-order valence-corrected chi connectivity index (χ2v) is 7.63. The smallest absolute Gasteiger partial charge is 0.0488 e. The van der Waals surface area contributed by atoms with Crippen LogP contribution in [-0.2, 0) is 0 Å². The zero-order chi connectivity index (χ0) is 19.8. The molecule has 0 heterocycles. The first-order valence-electron chi connectivity index (χ1n) is 10.0. The van der Waals surface area contributed by atoms with Crippen LogP contribution in [0.1, 0.15) is 5.56 Å². The summed E-state index contributed by atoms with van der Waals surface area (Å²) in [5.74, 6) is 0. The average molecular weight is 373 g/mol. The number of hydrogen-bond acceptors (Lipinski definition) is 1. The minimum absolute atomic E-state index is 1.18. The zero-order valence-electron chi connectivity index (χ0n) is 16.8. The molecule has 0 unspecified atom stereocenters. The summed E-state index contributed by atoms with van der Waals surface area (Å²) in [5.41, 5.74) is 6.18. The topological polar surface area (TPSA) is 3.24 Å². The van der Waals surface area contributed by atoms with Crippen molar-refractivity contribution in [2.75, 3.05) is 11.9 Å². The van der Waals surface area contributed by atoms with Crippen LogP contribution in [0.2, 0.25) is 0 Å². The van der Waals surface area contributed by atoms with Crippen LogP contribution in [0, 0.1) is 6.92 Å². The Morgan fingerprint density at radius 1 is 0.517 bits per heavy atom. The number of fused-ring (bicyclic) bond motifs is 3. The highest BCUT2D eigenvalue weighted by atomic mass is 15.1. The Morgan fingerprint density at radius 2 is 1.17 bits per heavy atom. The largest absolute Gasteiger partial charge is 0.344 e. The Hall–Kier alpha value is -3.58. The van der Waals surface area contributed by atoms with Gasteiger partial charge in [0.1, 0.15) is 0 Å². The number of nitrogens with zero attached hydrogens (tertiary/aromatic N) is 1. The van der Waals surface area contributed by atoms with E-state index in [1.165, 1.54) is 49.6 Å². The summed E-state index contributed by atoms with van der Waals surface area (Å²) in [6.07, 6.45) is 0. The third-order valence-corrected chi connectivity index (χ3v) is 5.76. The number of hydrogen-bond donors (Lipinski definition) is 0. The summed E-state index contributed by atoms with van der Waals surface area (Å²) in [7, 11) is 2.14. The van der Waals surface area contributed by atoms with E-state index in [1.54, 1.807) is 0 Å². The second-order valence-electron chi connectivity index (χ2n) is 7.63. The molecule has 0 aliphatic carbocycles. The van der Waals surface area contributed by atoms with Crippen LogP contribution in [0.4, 0.5) is 11.4 Å². The Kier molecular flexibility index (Phi) is 4.29. The second kappa shape index (κ2) is 7.10. The van der Waals surface area contributed by atoms with Crippen molar-refractivity contribution in [3.05, 3.63) is 109 Å². The SMILES string of the molecule is Cc1ccc(-c2ccc(N(C)c3cccc4c3ccc3ccccc34)cc2)cc1. The predicted octanol–water partition coefficient (Wildman–Crippen LogP) is 7.74. The summed E-state index contributed by atoms with van der Waals surface area (Å²) in [6, 6.07) is 37.1. The lowest BCUT2D eigenvalue weighted by molar-refractivity contribution is 1.22. The van der Waals surface area contributed by atoms with Gasteiger partial charge in [-0.15, -0.1) is 0 Å². The fourth-order valence-electron chi connectivity index (χ4n) is 4.08. The highest BCUT2D eigenvalue weighted by Crippen LogP contribution is 2.35. The van der Waals surface area contributed by atoms with E-state index in [4.69, 9.17) is 0 Å². The lowest BCUT2D eigenvalue weighted by Crippen LogP contribution is -2.09. The highest BCUT2D eigenvalue weighted by Gasteiger charge is 2.10. The van der Waals surface area contributed by atoms with Gasteiger partial charge < -0.3 is 4.90 Å². The Balaban J connectivity index is 1.55. The van der Waals surface area contributed by atoms with Crippen molar-refractivity contribution < 1.29 is 0 Å². The predicted molar refractivity (Wildman–Crippen MR) is 126 cm³/mol. The van der Waals surface area contributed by atoms with Crippen molar-refractivity contribution in [1.29, 1.82) is 0 Å². The summed E-state index contributed by atoms with van der Waals surface area (Å²) in [4.78, 5) is 2.27. The monoisotopic (exact) mass is 373 g/mol. The molecular weight excluding hydrogens is 350 g/mol. The van der Waals surface area contributed by atoms with E-state index in [2.05, 4.69) is 122 Å². The number of aryl methyl sites for hydroxylation is 1. The van der Waals surface area contributed by atoms with E-state index in [-0.39, 0.29) is 0 Å². The number of rotatable bonds is 3. The molecule has 0 aliphatic heterocycles. The van der Waals surface area contributed by atoms with E-state index in [1.807, 2.05) is 0 Å². The molecule has 0 saturated heterocycles. The van der Waals surface area contributed by atoms with Gasteiger partial charge in [-0.25, -0.2) is 0 Å². The fourth-order valence-corrected chi connectivity index (χ4v) is 4.08. The van der Waals surface area contributed by atoms with Crippen LogP contribution in [0.25, 0.3) is 32.7 Å². The Morgan fingerprint density at radius 3 is 1.93 bits per heavy atom. The molecule has 0 atom stereocenters. The Labute approximate surface area is 171 Å². The molecule has 0 radical (unpaired) electrons. The maximum Gasteiger partial charge on any atom is 0.0488 e. The van der Waals surface area contributed by atoms with Crippen LogP contribution in [0.15, 0.2) is 103 Å². The average Bonchev–Trinajstić information content (AvgIpc) is 2.79. The van der Waals surface area contributed by atoms with E-state index >= 15 is 0 Å². The fraction of sp³-hybridized carbons (Fsp3) is 0.0714. The molecule has 29 heavy (non-hydrogen) atoms. The molecule has 5 rings (SSSR count). The molecule has 5 aromatic carbocycles. The number of anilines is 2. The summed E-state index contributed by atoms with van der Waals surface area (Å²) >= 11 is 0. The minimum Gasteiger partial charge on any atom is -0.344 e. The first-order valence-corrected chi connectivity index (χ1v) is 10.0. The van der Waals surface area contributed by atoms with Gasteiger partial charge in [-0.2, -0.15) is 0 Å². The number of benzene rings is 5. The van der Waals surface area contributed by atoms with Gasteiger partial charge in [-0.05, 0) is 52.4 Å². The van der Waals surface area contributed by atoms with Crippen molar-refractivity contribution in [3.63, 3.8) is 0 Å². The maximum atomic E-state index is 2.27. The molecule has 0 spiro atoms. The van der Waals surface area contributed by atoms with Crippen LogP contribution >= 0.6 is 0 Å². The Bertz CT molecular complexity index is 1300. The molecule has 0 aliphatic rings. The zero-order valence-corrected chi connectivity index (χ0v) is 16.8. The van der Waals surface area contributed by atoms with E-state index in [0.717, 1.165) is 0 Å². The summed E-state index contributed by atoms with van der Waals surface area (Å²) in [5, 5.41) is 5.15. The van der Waals surface area contributed by atoms with Gasteiger partial charge in [0.25, 0.3) is 0 Å². The molecule has 0 fully saturated rings. The molecule has 140 valence electrons. The van der Waals surface area contributed by atoms with Gasteiger partial charge in [0.05, 0.1) is 0 Å². The van der Waals surface area contributed by atoms with Gasteiger partial charge in [-0.1, -0.05) is 90.5 Å². The maximum absolute atomic E-state index is 2.27. The molecule has 0 N–H and O–H groups in total. The first-order chi connectivity index (χ1) is 14.2. The molecule has 1 heteroatoms. The van der Waals surface area contributed by atoms with Gasteiger partial charge in [0, 0.05) is 23.8 Å². The normalized spacial score (nSPS) is 11.1. The quantitative estimate of drug-likeness (QED) is 0.292. The van der Waals surface area contributed by atoms with Crippen LogP contribution < -0.4 is 4.90 Å². The lowest BCUT2D eigenvalue weighted by Gasteiger charge is -2.22. The minimum atomic E-state index is 1.18. The molecule has 1 nitrogen and oxygen atoms in total. The van der Waals surface area contributed by atoms with Crippen LogP contribution in [-0.4, -0.2) is 7.05 Å². The van der Waals surface area contributed by atoms with E-state index < -0.39 is 0 Å². The van der Waals surface area contributed by atoms with Crippen LogP contribution in [0.3, 0.4) is 0 Å². The van der Waals surface area contributed by atoms with Gasteiger partial charge in [0.15, 0.2) is 0 Å². The molecule has 0 bridgehead atoms. The van der Waals surface area contributed by atoms with Gasteiger partial charge in [-0.3, -0.25) is 0 Å².